The second-order valence-electron chi connectivity index (χ2n) is 2.97. The van der Waals surface area contributed by atoms with Crippen LogP contribution in [0.4, 0.5) is 0 Å². The van der Waals surface area contributed by atoms with Crippen molar-refractivity contribution in [2.45, 2.75) is 10.3 Å². The van der Waals surface area contributed by atoms with Gasteiger partial charge in [-0.25, -0.2) is 0 Å². The third-order valence-electron chi connectivity index (χ3n) is 1.92. The van der Waals surface area contributed by atoms with Crippen LogP contribution in [0.1, 0.15) is 0 Å². The predicted molar refractivity (Wildman–Crippen MR) is 57.7 cm³/mol. The fourth-order valence-electron chi connectivity index (χ4n) is 1.26. The van der Waals surface area contributed by atoms with E-state index in [0.717, 1.165) is 25.5 Å². The summed E-state index contributed by atoms with van der Waals surface area (Å²) in [5, 5.41) is 5.56. The lowest BCUT2D eigenvalue weighted by atomic mass is 10.3. The fourth-order valence-corrected chi connectivity index (χ4v) is 3.10. The summed E-state index contributed by atoms with van der Waals surface area (Å²) in [5.74, 6) is 1.11. The van der Waals surface area contributed by atoms with Crippen molar-refractivity contribution in [3.8, 4) is 0 Å². The lowest BCUT2D eigenvalue weighted by Crippen LogP contribution is -2.42. The monoisotopic (exact) mass is 215 g/mol. The van der Waals surface area contributed by atoms with E-state index >= 15 is 0 Å². The summed E-state index contributed by atoms with van der Waals surface area (Å²) in [6, 6.07) is 4.79. The van der Waals surface area contributed by atoms with Crippen molar-refractivity contribution in [3.05, 3.63) is 17.5 Å². The van der Waals surface area contributed by atoms with E-state index in [1.807, 2.05) is 11.8 Å². The van der Waals surface area contributed by atoms with E-state index in [1.54, 1.807) is 11.3 Å². The van der Waals surface area contributed by atoms with Crippen molar-refractivity contribution in [1.29, 1.82) is 0 Å². The zero-order valence-electron chi connectivity index (χ0n) is 7.36. The van der Waals surface area contributed by atoms with Gasteiger partial charge in [0.05, 0.1) is 17.4 Å². The molecule has 13 heavy (non-hydrogen) atoms. The van der Waals surface area contributed by atoms with Gasteiger partial charge in [0.25, 0.3) is 0 Å². The Kier molecular flexibility index (Phi) is 3.66. The van der Waals surface area contributed by atoms with Crippen molar-refractivity contribution in [3.63, 3.8) is 0 Å². The van der Waals surface area contributed by atoms with E-state index in [0.29, 0.717) is 6.04 Å². The lowest BCUT2D eigenvalue weighted by molar-refractivity contribution is 0.0837. The van der Waals surface area contributed by atoms with Crippen LogP contribution < -0.4 is 5.32 Å². The topological polar surface area (TPSA) is 21.3 Å². The zero-order chi connectivity index (χ0) is 8.93. The molecule has 0 bridgehead atoms. The quantitative estimate of drug-likeness (QED) is 0.777. The van der Waals surface area contributed by atoms with Crippen LogP contribution in [-0.4, -0.2) is 31.6 Å². The number of morpholine rings is 1. The summed E-state index contributed by atoms with van der Waals surface area (Å²) in [6.07, 6.45) is 0. The highest BCUT2D eigenvalue weighted by atomic mass is 32.2. The molecule has 0 radical (unpaired) electrons. The molecule has 0 aliphatic carbocycles. The van der Waals surface area contributed by atoms with E-state index in [1.165, 1.54) is 4.21 Å². The maximum absolute atomic E-state index is 5.38. The molecule has 1 fully saturated rings. The molecule has 1 aromatic heterocycles. The minimum absolute atomic E-state index is 0.529. The van der Waals surface area contributed by atoms with Crippen LogP contribution in [0.3, 0.4) is 0 Å². The second-order valence-corrected chi connectivity index (χ2v) is 5.24. The Labute approximate surface area is 86.7 Å². The number of ether oxygens (including phenoxy) is 1. The Hall–Kier alpha value is -0.0300. The number of rotatable bonds is 3. The molecule has 72 valence electrons. The van der Waals surface area contributed by atoms with Crippen molar-refractivity contribution < 1.29 is 4.74 Å². The smallest absolute Gasteiger partial charge is 0.0628 e. The Balaban J connectivity index is 1.72. The molecule has 0 spiro atoms. The lowest BCUT2D eigenvalue weighted by Gasteiger charge is -2.22. The molecule has 0 aromatic carbocycles. The average molecular weight is 215 g/mol. The molecular formula is C9H13NOS2. The molecule has 1 N–H and O–H groups in total. The first-order valence-electron chi connectivity index (χ1n) is 4.42. The van der Waals surface area contributed by atoms with Gasteiger partial charge in [0.15, 0.2) is 0 Å². The molecule has 2 heterocycles. The number of thiophene rings is 1. The zero-order valence-corrected chi connectivity index (χ0v) is 9.00. The van der Waals surface area contributed by atoms with Crippen molar-refractivity contribution in [2.75, 3.05) is 25.5 Å². The number of hydrogen-bond acceptors (Lipinski definition) is 4. The molecule has 0 amide bonds. The van der Waals surface area contributed by atoms with Crippen LogP contribution in [0.5, 0.6) is 0 Å². The fraction of sp³-hybridized carbons (Fsp3) is 0.556. The number of thioether (sulfide) groups is 1. The average Bonchev–Trinajstić information content (AvgIpc) is 2.69. The first-order valence-corrected chi connectivity index (χ1v) is 6.29. The number of nitrogens with one attached hydrogen (secondary N) is 1. The van der Waals surface area contributed by atoms with Crippen LogP contribution in [-0.2, 0) is 4.74 Å². The summed E-state index contributed by atoms with van der Waals surface area (Å²) in [6.45, 7) is 2.72. The van der Waals surface area contributed by atoms with E-state index < -0.39 is 0 Å². The molecule has 4 heteroatoms. The third-order valence-corrected chi connectivity index (χ3v) is 4.21. The highest BCUT2D eigenvalue weighted by Crippen LogP contribution is 2.24. The van der Waals surface area contributed by atoms with Crippen LogP contribution in [0.25, 0.3) is 0 Å². The van der Waals surface area contributed by atoms with E-state index in [-0.39, 0.29) is 0 Å². The summed E-state index contributed by atoms with van der Waals surface area (Å²) < 4.78 is 6.78. The summed E-state index contributed by atoms with van der Waals surface area (Å²) in [5.41, 5.74) is 0. The van der Waals surface area contributed by atoms with Gasteiger partial charge >= 0.3 is 0 Å². The van der Waals surface area contributed by atoms with Crippen molar-refractivity contribution in [1.82, 2.24) is 5.32 Å². The minimum Gasteiger partial charge on any atom is -0.378 e. The Morgan fingerprint density at radius 1 is 1.69 bits per heavy atom. The van der Waals surface area contributed by atoms with Crippen molar-refractivity contribution in [2.24, 2.45) is 0 Å². The first-order chi connectivity index (χ1) is 6.45. The second kappa shape index (κ2) is 5.00. The highest BCUT2D eigenvalue weighted by molar-refractivity contribution is 8.01. The molecule has 1 aliphatic rings. The van der Waals surface area contributed by atoms with Gasteiger partial charge in [-0.05, 0) is 11.4 Å². The molecule has 0 saturated carbocycles. The molecule has 2 rings (SSSR count). The van der Waals surface area contributed by atoms with Gasteiger partial charge in [-0.3, -0.25) is 0 Å². The van der Waals surface area contributed by atoms with Gasteiger partial charge in [0, 0.05) is 18.3 Å². The SMILES string of the molecule is c1csc(SCC2COCCN2)c1. The Morgan fingerprint density at radius 3 is 3.38 bits per heavy atom. The molecule has 1 aliphatic heterocycles. The third kappa shape index (κ3) is 2.98. The van der Waals surface area contributed by atoms with Gasteiger partial charge in [-0.2, -0.15) is 0 Å². The van der Waals surface area contributed by atoms with E-state index in [2.05, 4.69) is 22.8 Å². The summed E-state index contributed by atoms with van der Waals surface area (Å²) in [4.78, 5) is 0. The maximum atomic E-state index is 5.38. The first kappa shape index (κ1) is 9.52. The van der Waals surface area contributed by atoms with Gasteiger partial charge < -0.3 is 10.1 Å². The van der Waals surface area contributed by atoms with Crippen LogP contribution in [0, 0.1) is 0 Å². The standard InChI is InChI=1S/C9H13NOS2/c1-2-9(12-5-1)13-7-8-6-11-4-3-10-8/h1-2,5,8,10H,3-4,6-7H2. The van der Waals surface area contributed by atoms with Gasteiger partial charge in [0.2, 0.25) is 0 Å². The van der Waals surface area contributed by atoms with E-state index in [9.17, 15) is 0 Å². The van der Waals surface area contributed by atoms with Crippen LogP contribution in [0.15, 0.2) is 21.7 Å². The Bertz CT molecular complexity index is 232. The molecule has 1 unspecified atom stereocenters. The maximum Gasteiger partial charge on any atom is 0.0628 e. The summed E-state index contributed by atoms with van der Waals surface area (Å²) in [7, 11) is 0. The largest absolute Gasteiger partial charge is 0.378 e. The van der Waals surface area contributed by atoms with Gasteiger partial charge in [0.1, 0.15) is 0 Å². The number of hydrogen-bond donors (Lipinski definition) is 1. The Morgan fingerprint density at radius 2 is 2.69 bits per heavy atom. The molecule has 1 saturated heterocycles. The molecule has 1 atom stereocenters. The molecule has 2 nitrogen and oxygen atoms in total. The normalized spacial score (nSPS) is 23.2. The molecular weight excluding hydrogens is 202 g/mol. The highest BCUT2D eigenvalue weighted by Gasteiger charge is 2.12. The van der Waals surface area contributed by atoms with Gasteiger partial charge in [-0.15, -0.1) is 23.1 Å². The van der Waals surface area contributed by atoms with Crippen LogP contribution in [0.2, 0.25) is 0 Å². The van der Waals surface area contributed by atoms with Crippen molar-refractivity contribution >= 4 is 23.1 Å². The summed E-state index contributed by atoms with van der Waals surface area (Å²) >= 11 is 3.72. The predicted octanol–water partition coefficient (Wildman–Crippen LogP) is 1.83. The van der Waals surface area contributed by atoms with Gasteiger partial charge in [-0.1, -0.05) is 6.07 Å². The van der Waals surface area contributed by atoms with E-state index in [4.69, 9.17) is 4.74 Å². The minimum atomic E-state index is 0.529. The van der Waals surface area contributed by atoms with Crippen LogP contribution >= 0.6 is 23.1 Å². The molecule has 1 aromatic rings.